The zero-order valence-corrected chi connectivity index (χ0v) is 12.1. The Morgan fingerprint density at radius 3 is 2.06 bits per heavy atom. The fraction of sp³-hybridized carbons (Fsp3) is 1.00. The maximum atomic E-state index is 5.64. The Labute approximate surface area is 103 Å². The van der Waals surface area contributed by atoms with Crippen LogP contribution in [0.1, 0.15) is 79.1 Å². The number of hydrogen-bond donors (Lipinski definition) is 0. The SMILES string of the molecule is CCCCCCCCC(C)C(C)(CC)OC. The first kappa shape index (κ1) is 16.0. The Balaban J connectivity index is 3.60. The Morgan fingerprint density at radius 1 is 1.00 bits per heavy atom. The van der Waals surface area contributed by atoms with Gasteiger partial charge in [-0.25, -0.2) is 0 Å². The fourth-order valence-electron chi connectivity index (χ4n) is 2.23. The van der Waals surface area contributed by atoms with Gasteiger partial charge in [0.25, 0.3) is 0 Å². The van der Waals surface area contributed by atoms with Crippen LogP contribution in [-0.2, 0) is 4.74 Å². The molecule has 0 aromatic heterocycles. The Morgan fingerprint density at radius 2 is 1.56 bits per heavy atom. The molecule has 1 nitrogen and oxygen atoms in total. The summed E-state index contributed by atoms with van der Waals surface area (Å²) in [6.07, 6.45) is 10.8. The fourth-order valence-corrected chi connectivity index (χ4v) is 2.23. The first-order valence-electron chi connectivity index (χ1n) is 7.15. The van der Waals surface area contributed by atoms with Crippen molar-refractivity contribution in [3.05, 3.63) is 0 Å². The molecule has 0 fully saturated rings. The van der Waals surface area contributed by atoms with Gasteiger partial charge in [-0.05, 0) is 25.7 Å². The van der Waals surface area contributed by atoms with Crippen molar-refractivity contribution in [2.45, 2.75) is 84.7 Å². The molecule has 1 heteroatoms. The van der Waals surface area contributed by atoms with Crippen molar-refractivity contribution in [1.29, 1.82) is 0 Å². The molecule has 16 heavy (non-hydrogen) atoms. The van der Waals surface area contributed by atoms with Crippen molar-refractivity contribution in [2.24, 2.45) is 5.92 Å². The van der Waals surface area contributed by atoms with Gasteiger partial charge in [-0.3, -0.25) is 0 Å². The van der Waals surface area contributed by atoms with E-state index in [4.69, 9.17) is 4.74 Å². The molecule has 0 aromatic carbocycles. The molecule has 0 saturated carbocycles. The minimum absolute atomic E-state index is 0.0867. The highest BCUT2D eigenvalue weighted by Crippen LogP contribution is 2.28. The van der Waals surface area contributed by atoms with Crippen LogP contribution in [0.5, 0.6) is 0 Å². The van der Waals surface area contributed by atoms with E-state index in [1.54, 1.807) is 0 Å². The van der Waals surface area contributed by atoms with Crippen molar-refractivity contribution < 1.29 is 4.74 Å². The first-order valence-corrected chi connectivity index (χ1v) is 7.15. The van der Waals surface area contributed by atoms with E-state index in [0.717, 1.165) is 6.42 Å². The van der Waals surface area contributed by atoms with Crippen LogP contribution in [-0.4, -0.2) is 12.7 Å². The topological polar surface area (TPSA) is 9.23 Å². The van der Waals surface area contributed by atoms with E-state index in [-0.39, 0.29) is 5.60 Å². The predicted molar refractivity (Wildman–Crippen MR) is 72.9 cm³/mol. The van der Waals surface area contributed by atoms with Crippen LogP contribution in [0.4, 0.5) is 0 Å². The number of unbranched alkanes of at least 4 members (excludes halogenated alkanes) is 5. The molecule has 0 aliphatic rings. The van der Waals surface area contributed by atoms with Gasteiger partial charge in [0.15, 0.2) is 0 Å². The van der Waals surface area contributed by atoms with Gasteiger partial charge in [0, 0.05) is 7.11 Å². The van der Waals surface area contributed by atoms with Gasteiger partial charge in [-0.1, -0.05) is 59.3 Å². The standard InChI is InChI=1S/C15H32O/c1-6-8-9-10-11-12-13-14(3)15(4,7-2)16-5/h14H,6-13H2,1-5H3. The van der Waals surface area contributed by atoms with Gasteiger partial charge < -0.3 is 4.74 Å². The summed E-state index contributed by atoms with van der Waals surface area (Å²) in [5.41, 5.74) is 0.0867. The summed E-state index contributed by atoms with van der Waals surface area (Å²) in [6.45, 7) is 9.07. The van der Waals surface area contributed by atoms with E-state index in [2.05, 4.69) is 27.7 Å². The monoisotopic (exact) mass is 228 g/mol. The molecule has 0 aliphatic carbocycles. The normalized spacial score (nSPS) is 17.1. The molecule has 0 radical (unpaired) electrons. The molecule has 0 N–H and O–H groups in total. The van der Waals surface area contributed by atoms with Crippen molar-refractivity contribution >= 4 is 0 Å². The van der Waals surface area contributed by atoms with Gasteiger partial charge in [0.05, 0.1) is 5.60 Å². The third kappa shape index (κ3) is 5.89. The van der Waals surface area contributed by atoms with Crippen molar-refractivity contribution in [2.75, 3.05) is 7.11 Å². The Hall–Kier alpha value is -0.0400. The first-order chi connectivity index (χ1) is 7.60. The molecule has 98 valence electrons. The van der Waals surface area contributed by atoms with Crippen LogP contribution in [0.25, 0.3) is 0 Å². The zero-order valence-electron chi connectivity index (χ0n) is 12.1. The predicted octanol–water partition coefficient (Wildman–Crippen LogP) is 5.19. The van der Waals surface area contributed by atoms with Crippen LogP contribution in [0.3, 0.4) is 0 Å². The van der Waals surface area contributed by atoms with E-state index in [9.17, 15) is 0 Å². The minimum Gasteiger partial charge on any atom is -0.378 e. The second kappa shape index (κ2) is 9.04. The highest BCUT2D eigenvalue weighted by Gasteiger charge is 2.28. The summed E-state index contributed by atoms with van der Waals surface area (Å²) in [4.78, 5) is 0. The zero-order chi connectivity index (χ0) is 12.4. The number of rotatable bonds is 10. The molecular formula is C15H32O. The third-order valence-corrected chi connectivity index (χ3v) is 4.20. The lowest BCUT2D eigenvalue weighted by Gasteiger charge is -2.33. The molecule has 2 unspecified atom stereocenters. The second-order valence-electron chi connectivity index (χ2n) is 5.33. The quantitative estimate of drug-likeness (QED) is 0.468. The highest BCUT2D eigenvalue weighted by atomic mass is 16.5. The number of hydrogen-bond acceptors (Lipinski definition) is 1. The number of methoxy groups -OCH3 is 1. The smallest absolute Gasteiger partial charge is 0.0673 e. The van der Waals surface area contributed by atoms with Crippen LogP contribution in [0.15, 0.2) is 0 Å². The van der Waals surface area contributed by atoms with Crippen LogP contribution >= 0.6 is 0 Å². The Kier molecular flexibility index (Phi) is 9.02. The number of ether oxygens (including phenoxy) is 1. The summed E-state index contributed by atoms with van der Waals surface area (Å²) in [5, 5.41) is 0. The lowest BCUT2D eigenvalue weighted by molar-refractivity contribution is -0.0437. The summed E-state index contributed by atoms with van der Waals surface area (Å²) in [5.74, 6) is 0.675. The Bertz CT molecular complexity index is 150. The van der Waals surface area contributed by atoms with Gasteiger partial charge in [0.2, 0.25) is 0 Å². The van der Waals surface area contributed by atoms with Gasteiger partial charge in [0.1, 0.15) is 0 Å². The van der Waals surface area contributed by atoms with E-state index >= 15 is 0 Å². The summed E-state index contributed by atoms with van der Waals surface area (Å²) in [6, 6.07) is 0. The van der Waals surface area contributed by atoms with Gasteiger partial charge >= 0.3 is 0 Å². The van der Waals surface area contributed by atoms with Crippen molar-refractivity contribution in [3.8, 4) is 0 Å². The molecule has 0 aliphatic heterocycles. The lowest BCUT2D eigenvalue weighted by atomic mass is 9.84. The summed E-state index contributed by atoms with van der Waals surface area (Å²) < 4.78 is 5.64. The molecule has 0 bridgehead atoms. The summed E-state index contributed by atoms with van der Waals surface area (Å²) in [7, 11) is 1.85. The van der Waals surface area contributed by atoms with Crippen molar-refractivity contribution in [3.63, 3.8) is 0 Å². The molecule has 0 saturated heterocycles. The molecule has 0 aromatic rings. The van der Waals surface area contributed by atoms with Crippen LogP contribution in [0.2, 0.25) is 0 Å². The van der Waals surface area contributed by atoms with Crippen LogP contribution < -0.4 is 0 Å². The average molecular weight is 228 g/mol. The second-order valence-corrected chi connectivity index (χ2v) is 5.33. The van der Waals surface area contributed by atoms with E-state index < -0.39 is 0 Å². The summed E-state index contributed by atoms with van der Waals surface area (Å²) >= 11 is 0. The molecule has 0 rings (SSSR count). The largest absolute Gasteiger partial charge is 0.378 e. The minimum atomic E-state index is 0.0867. The maximum Gasteiger partial charge on any atom is 0.0673 e. The molecule has 0 heterocycles. The van der Waals surface area contributed by atoms with Gasteiger partial charge in [-0.15, -0.1) is 0 Å². The third-order valence-electron chi connectivity index (χ3n) is 4.20. The molecule has 0 amide bonds. The van der Waals surface area contributed by atoms with E-state index in [1.807, 2.05) is 7.11 Å². The maximum absolute atomic E-state index is 5.64. The van der Waals surface area contributed by atoms with E-state index in [0.29, 0.717) is 5.92 Å². The average Bonchev–Trinajstić information content (AvgIpc) is 2.32. The van der Waals surface area contributed by atoms with Crippen LogP contribution in [0, 0.1) is 5.92 Å². The van der Waals surface area contributed by atoms with E-state index in [1.165, 1.54) is 44.9 Å². The van der Waals surface area contributed by atoms with Crippen molar-refractivity contribution in [1.82, 2.24) is 0 Å². The van der Waals surface area contributed by atoms with Gasteiger partial charge in [-0.2, -0.15) is 0 Å². The lowest BCUT2D eigenvalue weighted by Crippen LogP contribution is -2.34. The molecular weight excluding hydrogens is 196 g/mol. The molecule has 0 spiro atoms. The highest BCUT2D eigenvalue weighted by molar-refractivity contribution is 4.79. The molecule has 2 atom stereocenters.